The Morgan fingerprint density at radius 1 is 0.680 bits per heavy atom. The second kappa shape index (κ2) is 16.5. The second-order valence-corrected chi connectivity index (χ2v) is 15.2. The average molecular weight is 682 g/mol. The van der Waals surface area contributed by atoms with Crippen molar-refractivity contribution in [1.82, 2.24) is 15.5 Å². The molecule has 0 aliphatic heterocycles. The third-order valence-corrected chi connectivity index (χ3v) is 7.42. The lowest BCUT2D eigenvalue weighted by Gasteiger charge is -2.43. The van der Waals surface area contributed by atoms with Gasteiger partial charge in [0.2, 0.25) is 11.8 Å². The quantitative estimate of drug-likeness (QED) is 0.176. The summed E-state index contributed by atoms with van der Waals surface area (Å²) < 4.78 is 11.3. The molecule has 0 fully saturated rings. The van der Waals surface area contributed by atoms with Crippen molar-refractivity contribution < 1.29 is 28.7 Å². The van der Waals surface area contributed by atoms with E-state index in [1.807, 2.05) is 81.4 Å². The molecule has 266 valence electrons. The topological polar surface area (TPSA) is 114 Å². The van der Waals surface area contributed by atoms with Crippen molar-refractivity contribution in [3.8, 4) is 12.3 Å². The van der Waals surface area contributed by atoms with Crippen LogP contribution in [0.2, 0.25) is 0 Å². The number of carbonyl (C=O) groups excluding carboxylic acids is 4. The number of benzene rings is 3. The van der Waals surface area contributed by atoms with Crippen LogP contribution in [0.25, 0.3) is 0 Å². The molecule has 0 radical (unpaired) electrons. The molecule has 0 aromatic heterocycles. The number of hydrogen-bond donors (Lipinski definition) is 2. The molecule has 3 rings (SSSR count). The van der Waals surface area contributed by atoms with Crippen molar-refractivity contribution in [1.29, 1.82) is 0 Å². The fourth-order valence-corrected chi connectivity index (χ4v) is 5.36. The zero-order chi connectivity index (χ0) is 37.3. The monoisotopic (exact) mass is 681 g/mol. The highest BCUT2D eigenvalue weighted by molar-refractivity contribution is 5.94. The highest BCUT2D eigenvalue weighted by Crippen LogP contribution is 2.31. The van der Waals surface area contributed by atoms with E-state index in [0.29, 0.717) is 11.1 Å². The standard InChI is InChI=1S/C41H51N3O6/c1-11-28-22-24-31(25-23-28)34(35(45)42-33(37(47)49-40(5,6)7)27-30-20-16-13-17-21-30)44(39(2,3)4)36(46)32(26-29-18-14-12-15-19-29)43-38(48)50-41(8,9)10/h1,12-25,32-34H,26-27H2,2-10H3,(H,42,45)(H,43,48). The van der Waals surface area contributed by atoms with E-state index in [2.05, 4.69) is 16.6 Å². The van der Waals surface area contributed by atoms with Gasteiger partial charge in [0.05, 0.1) is 0 Å². The summed E-state index contributed by atoms with van der Waals surface area (Å²) in [6.45, 7) is 15.9. The van der Waals surface area contributed by atoms with E-state index >= 15 is 0 Å². The number of nitrogens with zero attached hydrogens (tertiary/aromatic N) is 1. The van der Waals surface area contributed by atoms with E-state index in [-0.39, 0.29) is 12.8 Å². The summed E-state index contributed by atoms with van der Waals surface area (Å²) >= 11 is 0. The smallest absolute Gasteiger partial charge is 0.408 e. The van der Waals surface area contributed by atoms with Gasteiger partial charge in [0.1, 0.15) is 29.3 Å². The summed E-state index contributed by atoms with van der Waals surface area (Å²) in [7, 11) is 0. The Morgan fingerprint density at radius 2 is 1.16 bits per heavy atom. The van der Waals surface area contributed by atoms with Gasteiger partial charge in [-0.25, -0.2) is 9.59 Å². The van der Waals surface area contributed by atoms with Crippen LogP contribution in [0.5, 0.6) is 0 Å². The highest BCUT2D eigenvalue weighted by Gasteiger charge is 2.43. The third-order valence-electron chi connectivity index (χ3n) is 7.42. The van der Waals surface area contributed by atoms with Crippen LogP contribution in [0, 0.1) is 12.3 Å². The molecular formula is C41H51N3O6. The normalized spacial score (nSPS) is 13.5. The van der Waals surface area contributed by atoms with Gasteiger partial charge < -0.3 is 25.0 Å². The maximum Gasteiger partial charge on any atom is 0.408 e. The Bertz CT molecular complexity index is 1640. The number of carbonyl (C=O) groups is 4. The lowest BCUT2D eigenvalue weighted by Crippen LogP contribution is -2.60. The first-order chi connectivity index (χ1) is 23.3. The van der Waals surface area contributed by atoms with Gasteiger partial charge in [0, 0.05) is 23.9 Å². The molecule has 3 atom stereocenters. The van der Waals surface area contributed by atoms with E-state index < -0.39 is 58.7 Å². The first-order valence-corrected chi connectivity index (χ1v) is 16.8. The molecule has 0 heterocycles. The number of amides is 3. The van der Waals surface area contributed by atoms with Crippen LogP contribution in [-0.4, -0.2) is 57.6 Å². The van der Waals surface area contributed by atoms with E-state index in [1.165, 1.54) is 4.90 Å². The first-order valence-electron chi connectivity index (χ1n) is 16.8. The van der Waals surface area contributed by atoms with Crippen molar-refractivity contribution in [3.63, 3.8) is 0 Å². The Hall–Kier alpha value is -5.10. The van der Waals surface area contributed by atoms with E-state index in [0.717, 1.165) is 11.1 Å². The van der Waals surface area contributed by atoms with E-state index in [9.17, 15) is 19.2 Å². The van der Waals surface area contributed by atoms with E-state index in [4.69, 9.17) is 15.9 Å². The molecule has 3 aromatic rings. The first kappa shape index (κ1) is 39.3. The van der Waals surface area contributed by atoms with Crippen molar-refractivity contribution in [2.75, 3.05) is 0 Å². The summed E-state index contributed by atoms with van der Waals surface area (Å²) in [5, 5.41) is 5.69. The van der Waals surface area contributed by atoms with Crippen molar-refractivity contribution >= 4 is 23.9 Å². The number of rotatable bonds is 11. The number of terminal acetylenes is 1. The van der Waals surface area contributed by atoms with Crippen LogP contribution >= 0.6 is 0 Å². The van der Waals surface area contributed by atoms with E-state index in [1.54, 1.807) is 65.8 Å². The number of esters is 1. The molecule has 3 aromatic carbocycles. The van der Waals surface area contributed by atoms with Gasteiger partial charge in [-0.1, -0.05) is 78.7 Å². The van der Waals surface area contributed by atoms with Gasteiger partial charge in [-0.2, -0.15) is 0 Å². The molecule has 0 saturated heterocycles. The molecule has 2 N–H and O–H groups in total. The van der Waals surface area contributed by atoms with Crippen LogP contribution in [0.15, 0.2) is 84.9 Å². The molecule has 9 nitrogen and oxygen atoms in total. The predicted molar refractivity (Wildman–Crippen MR) is 195 cm³/mol. The molecule has 3 unspecified atom stereocenters. The second-order valence-electron chi connectivity index (χ2n) is 15.2. The number of alkyl carbamates (subject to hydrolysis) is 1. The Morgan fingerprint density at radius 3 is 1.60 bits per heavy atom. The molecule has 3 amide bonds. The SMILES string of the molecule is C#Cc1ccc(C(C(=O)NC(Cc2ccccc2)C(=O)OC(C)(C)C)N(C(=O)C(Cc2ccccc2)NC(=O)OC(C)(C)C)C(C)(C)C)cc1. The van der Waals surface area contributed by atoms with Crippen LogP contribution < -0.4 is 10.6 Å². The van der Waals surface area contributed by atoms with Crippen molar-refractivity contribution in [2.45, 2.75) is 110 Å². The van der Waals surface area contributed by atoms with Gasteiger partial charge in [0.25, 0.3) is 0 Å². The molecule has 0 aliphatic carbocycles. The third kappa shape index (κ3) is 12.1. The fraction of sp³-hybridized carbons (Fsp3) is 0.415. The number of ether oxygens (including phenoxy) is 2. The summed E-state index contributed by atoms with van der Waals surface area (Å²) in [6.07, 6.45) is 5.16. The highest BCUT2D eigenvalue weighted by atomic mass is 16.6. The lowest BCUT2D eigenvalue weighted by atomic mass is 9.93. The molecule has 9 heteroatoms. The molecular weight excluding hydrogens is 630 g/mol. The zero-order valence-corrected chi connectivity index (χ0v) is 30.7. The fourth-order valence-electron chi connectivity index (χ4n) is 5.36. The van der Waals surface area contributed by atoms with Gasteiger partial charge in [-0.15, -0.1) is 6.42 Å². The molecule has 0 spiro atoms. The molecule has 0 bridgehead atoms. The molecule has 0 aliphatic rings. The van der Waals surface area contributed by atoms with Crippen molar-refractivity contribution in [2.24, 2.45) is 0 Å². The number of hydrogen-bond acceptors (Lipinski definition) is 6. The summed E-state index contributed by atoms with van der Waals surface area (Å²) in [5.74, 6) is 0.840. The molecule has 50 heavy (non-hydrogen) atoms. The minimum atomic E-state index is -1.24. The van der Waals surface area contributed by atoms with Crippen LogP contribution in [0.1, 0.15) is 90.6 Å². The minimum absolute atomic E-state index is 0.129. The molecule has 0 saturated carbocycles. The predicted octanol–water partition coefficient (Wildman–Crippen LogP) is 6.54. The van der Waals surface area contributed by atoms with Gasteiger partial charge >= 0.3 is 12.1 Å². The average Bonchev–Trinajstić information content (AvgIpc) is 3.01. The van der Waals surface area contributed by atoms with Crippen LogP contribution in [-0.2, 0) is 36.7 Å². The van der Waals surface area contributed by atoms with Gasteiger partial charge in [-0.3, -0.25) is 9.59 Å². The van der Waals surface area contributed by atoms with Crippen molar-refractivity contribution in [3.05, 3.63) is 107 Å². The van der Waals surface area contributed by atoms with Gasteiger partial charge in [-0.05, 0) is 91.1 Å². The van der Waals surface area contributed by atoms with Gasteiger partial charge in [0.15, 0.2) is 0 Å². The number of nitrogens with one attached hydrogen (secondary N) is 2. The Balaban J connectivity index is 2.15. The maximum absolute atomic E-state index is 14.9. The Kier molecular flexibility index (Phi) is 13.0. The summed E-state index contributed by atoms with van der Waals surface area (Å²) in [5.41, 5.74) is 0.0656. The largest absolute Gasteiger partial charge is 0.458 e. The zero-order valence-electron chi connectivity index (χ0n) is 30.7. The summed E-state index contributed by atoms with van der Waals surface area (Å²) in [4.78, 5) is 57.7. The Labute approximate surface area is 297 Å². The minimum Gasteiger partial charge on any atom is -0.458 e. The van der Waals surface area contributed by atoms with Crippen LogP contribution in [0.3, 0.4) is 0 Å². The lowest BCUT2D eigenvalue weighted by molar-refractivity contribution is -0.159. The van der Waals surface area contributed by atoms with Crippen LogP contribution in [0.4, 0.5) is 4.79 Å². The maximum atomic E-state index is 14.9. The summed E-state index contributed by atoms with van der Waals surface area (Å²) in [6, 6.07) is 21.9.